The van der Waals surface area contributed by atoms with Gasteiger partial charge in [0.25, 0.3) is 0 Å². The Morgan fingerprint density at radius 1 is 1.31 bits per heavy atom. The summed E-state index contributed by atoms with van der Waals surface area (Å²) in [7, 11) is 5.25. The first-order chi connectivity index (χ1) is 6.06. The Hall–Kier alpha value is -1.39. The Labute approximate surface area is 76.8 Å². The zero-order valence-electron chi connectivity index (χ0n) is 8.22. The van der Waals surface area contributed by atoms with Crippen LogP contribution in [0, 0.1) is 12.7 Å². The fraction of sp³-hybridized carbons (Fsp3) is 0.500. The van der Waals surface area contributed by atoms with Crippen LogP contribution in [0.15, 0.2) is 0 Å². The van der Waals surface area contributed by atoms with Gasteiger partial charge >= 0.3 is 0 Å². The summed E-state index contributed by atoms with van der Waals surface area (Å²) >= 11 is 0. The van der Waals surface area contributed by atoms with Crippen LogP contribution in [0.4, 0.5) is 16.2 Å². The van der Waals surface area contributed by atoms with Gasteiger partial charge in [-0.1, -0.05) is 0 Å². The molecule has 0 spiro atoms. The van der Waals surface area contributed by atoms with Crippen LogP contribution in [0.5, 0.6) is 0 Å². The molecule has 0 saturated carbocycles. The van der Waals surface area contributed by atoms with E-state index in [1.54, 1.807) is 18.9 Å². The minimum atomic E-state index is -0.395. The summed E-state index contributed by atoms with van der Waals surface area (Å²) < 4.78 is 13.2. The zero-order valence-corrected chi connectivity index (χ0v) is 8.22. The van der Waals surface area contributed by atoms with Crippen LogP contribution in [-0.4, -0.2) is 31.1 Å². The molecule has 0 aliphatic carbocycles. The van der Waals surface area contributed by atoms with Gasteiger partial charge in [0.2, 0.25) is 5.95 Å². The summed E-state index contributed by atoms with van der Waals surface area (Å²) in [6.07, 6.45) is 0. The van der Waals surface area contributed by atoms with Crippen molar-refractivity contribution in [1.29, 1.82) is 0 Å². The Kier molecular flexibility index (Phi) is 2.65. The maximum absolute atomic E-state index is 13.2. The molecule has 0 aliphatic heterocycles. The normalized spacial score (nSPS) is 9.92. The van der Waals surface area contributed by atoms with E-state index in [0.29, 0.717) is 11.6 Å². The largest absolute Gasteiger partial charge is 0.371 e. The molecule has 0 atom stereocenters. The molecule has 0 bridgehead atoms. The lowest BCUT2D eigenvalue weighted by molar-refractivity contribution is 0.606. The van der Waals surface area contributed by atoms with Crippen LogP contribution in [0.2, 0.25) is 0 Å². The highest BCUT2D eigenvalue weighted by atomic mass is 19.1. The second-order valence-corrected chi connectivity index (χ2v) is 2.92. The van der Waals surface area contributed by atoms with Gasteiger partial charge in [0.15, 0.2) is 11.6 Å². The number of hydrogen-bond donors (Lipinski definition) is 1. The van der Waals surface area contributed by atoms with E-state index in [1.165, 1.54) is 0 Å². The smallest absolute Gasteiger partial charge is 0.227 e. The van der Waals surface area contributed by atoms with E-state index in [-0.39, 0.29) is 5.82 Å². The van der Waals surface area contributed by atoms with Crippen LogP contribution in [0.1, 0.15) is 5.69 Å². The fourth-order valence-electron chi connectivity index (χ4n) is 0.910. The van der Waals surface area contributed by atoms with Gasteiger partial charge in [-0.25, -0.2) is 9.37 Å². The summed E-state index contributed by atoms with van der Waals surface area (Å²) in [4.78, 5) is 9.69. The molecule has 0 saturated heterocycles. The lowest BCUT2D eigenvalue weighted by atomic mass is 10.4. The van der Waals surface area contributed by atoms with E-state index >= 15 is 0 Å². The van der Waals surface area contributed by atoms with Crippen molar-refractivity contribution in [3.05, 3.63) is 11.5 Å². The number of nitrogens with one attached hydrogen (secondary N) is 1. The third-order valence-electron chi connectivity index (χ3n) is 1.64. The summed E-state index contributed by atoms with van der Waals surface area (Å²) in [6, 6.07) is 0. The fourth-order valence-corrected chi connectivity index (χ4v) is 0.910. The molecule has 0 unspecified atom stereocenters. The summed E-state index contributed by atoms with van der Waals surface area (Å²) in [5, 5.41) is 2.68. The standard InChI is InChI=1S/C8H13FN4/c1-5-6(9)7(10-2)12-8(11-5)13(3)4/h1-4H3,(H,10,11,12). The number of aryl methyl sites for hydroxylation is 1. The monoisotopic (exact) mass is 184 g/mol. The van der Waals surface area contributed by atoms with Gasteiger partial charge < -0.3 is 10.2 Å². The van der Waals surface area contributed by atoms with Gasteiger partial charge in [-0.3, -0.25) is 0 Å². The molecule has 13 heavy (non-hydrogen) atoms. The van der Waals surface area contributed by atoms with E-state index in [4.69, 9.17) is 0 Å². The molecular weight excluding hydrogens is 171 g/mol. The first-order valence-corrected chi connectivity index (χ1v) is 3.95. The predicted molar refractivity (Wildman–Crippen MR) is 50.6 cm³/mol. The molecule has 0 radical (unpaired) electrons. The van der Waals surface area contributed by atoms with E-state index in [9.17, 15) is 4.39 Å². The lowest BCUT2D eigenvalue weighted by Gasteiger charge is -2.12. The lowest BCUT2D eigenvalue weighted by Crippen LogP contribution is -2.15. The molecular formula is C8H13FN4. The van der Waals surface area contributed by atoms with Gasteiger partial charge in [-0.05, 0) is 6.92 Å². The Balaban J connectivity index is 3.22. The van der Waals surface area contributed by atoms with Crippen LogP contribution in [0.25, 0.3) is 0 Å². The van der Waals surface area contributed by atoms with Gasteiger partial charge in [0.1, 0.15) is 0 Å². The van der Waals surface area contributed by atoms with Crippen molar-refractivity contribution in [3.8, 4) is 0 Å². The van der Waals surface area contributed by atoms with E-state index < -0.39 is 5.82 Å². The van der Waals surface area contributed by atoms with Crippen LogP contribution < -0.4 is 10.2 Å². The number of hydrogen-bond acceptors (Lipinski definition) is 4. The average Bonchev–Trinajstić information content (AvgIpc) is 2.09. The maximum Gasteiger partial charge on any atom is 0.227 e. The van der Waals surface area contributed by atoms with Gasteiger partial charge in [-0.2, -0.15) is 4.98 Å². The van der Waals surface area contributed by atoms with Crippen molar-refractivity contribution in [2.45, 2.75) is 6.92 Å². The number of aromatic nitrogens is 2. The highest BCUT2D eigenvalue weighted by molar-refractivity contribution is 5.43. The molecule has 1 rings (SSSR count). The molecule has 0 amide bonds. The molecule has 72 valence electrons. The molecule has 1 heterocycles. The molecule has 0 fully saturated rings. The van der Waals surface area contributed by atoms with Gasteiger partial charge in [-0.15, -0.1) is 0 Å². The summed E-state index contributed by atoms with van der Waals surface area (Å²) in [6.45, 7) is 1.62. The SMILES string of the molecule is CNc1nc(N(C)C)nc(C)c1F. The highest BCUT2D eigenvalue weighted by Gasteiger charge is 2.10. The van der Waals surface area contributed by atoms with E-state index in [2.05, 4.69) is 15.3 Å². The molecule has 0 aromatic carbocycles. The van der Waals surface area contributed by atoms with Crippen molar-refractivity contribution in [2.75, 3.05) is 31.4 Å². The van der Waals surface area contributed by atoms with Crippen molar-refractivity contribution < 1.29 is 4.39 Å². The third-order valence-corrected chi connectivity index (χ3v) is 1.64. The first-order valence-electron chi connectivity index (χ1n) is 3.95. The minimum Gasteiger partial charge on any atom is -0.371 e. The Morgan fingerprint density at radius 2 is 1.92 bits per heavy atom. The number of anilines is 2. The Bertz CT molecular complexity index is 311. The number of rotatable bonds is 2. The molecule has 1 aromatic rings. The van der Waals surface area contributed by atoms with Crippen molar-refractivity contribution in [3.63, 3.8) is 0 Å². The summed E-state index contributed by atoms with van der Waals surface area (Å²) in [5.74, 6) is 0.340. The van der Waals surface area contributed by atoms with Crippen LogP contribution >= 0.6 is 0 Å². The quantitative estimate of drug-likeness (QED) is 0.745. The summed E-state index contributed by atoms with van der Waals surface area (Å²) in [5.41, 5.74) is 0.350. The molecule has 1 N–H and O–H groups in total. The maximum atomic E-state index is 13.2. The zero-order chi connectivity index (χ0) is 10.0. The second kappa shape index (κ2) is 3.55. The van der Waals surface area contributed by atoms with Gasteiger partial charge in [0.05, 0.1) is 5.69 Å². The minimum absolute atomic E-state index is 0.233. The molecule has 4 nitrogen and oxygen atoms in total. The number of nitrogens with zero attached hydrogens (tertiary/aromatic N) is 3. The molecule has 1 aromatic heterocycles. The van der Waals surface area contributed by atoms with Crippen molar-refractivity contribution in [1.82, 2.24) is 9.97 Å². The van der Waals surface area contributed by atoms with Crippen molar-refractivity contribution in [2.24, 2.45) is 0 Å². The van der Waals surface area contributed by atoms with Gasteiger partial charge in [0, 0.05) is 21.1 Å². The first kappa shape index (κ1) is 9.70. The van der Waals surface area contributed by atoms with Crippen LogP contribution in [-0.2, 0) is 0 Å². The molecule has 5 heteroatoms. The van der Waals surface area contributed by atoms with E-state index in [0.717, 1.165) is 0 Å². The molecule has 0 aliphatic rings. The van der Waals surface area contributed by atoms with Crippen molar-refractivity contribution >= 4 is 11.8 Å². The topological polar surface area (TPSA) is 41.1 Å². The second-order valence-electron chi connectivity index (χ2n) is 2.92. The van der Waals surface area contributed by atoms with Crippen LogP contribution in [0.3, 0.4) is 0 Å². The highest BCUT2D eigenvalue weighted by Crippen LogP contribution is 2.16. The third kappa shape index (κ3) is 1.85. The number of halogens is 1. The average molecular weight is 184 g/mol. The van der Waals surface area contributed by atoms with E-state index in [1.807, 2.05) is 14.1 Å². The predicted octanol–water partition coefficient (Wildman–Crippen LogP) is 1.03. The Morgan fingerprint density at radius 3 is 2.38 bits per heavy atom.